The molecule has 0 amide bonds. The molecule has 1 atom stereocenters. The Bertz CT molecular complexity index is 455. The molecule has 0 aliphatic carbocycles. The molecule has 1 unspecified atom stereocenters. The zero-order chi connectivity index (χ0) is 14.0. The second-order valence-corrected chi connectivity index (χ2v) is 6.04. The number of halogens is 3. The summed E-state index contributed by atoms with van der Waals surface area (Å²) >= 11 is 17.8. The van der Waals surface area contributed by atoms with Gasteiger partial charge in [-0.15, -0.1) is 0 Å². The van der Waals surface area contributed by atoms with Gasteiger partial charge in [0.05, 0.1) is 10.0 Å². The van der Waals surface area contributed by atoms with Crippen molar-refractivity contribution < 1.29 is 0 Å². The highest BCUT2D eigenvalue weighted by molar-refractivity contribution is 6.42. The molecule has 0 spiro atoms. The molecule has 1 aromatic heterocycles. The first-order valence-electron chi connectivity index (χ1n) is 6.11. The SMILES string of the molecule is CN1CCN(C)C(CNc2nc(Cl)c(Cl)cc2Cl)C1. The van der Waals surface area contributed by atoms with Crippen LogP contribution in [0.2, 0.25) is 15.2 Å². The van der Waals surface area contributed by atoms with E-state index < -0.39 is 0 Å². The molecule has 1 aliphatic heterocycles. The Balaban J connectivity index is 2.00. The maximum Gasteiger partial charge on any atom is 0.150 e. The fourth-order valence-corrected chi connectivity index (χ4v) is 2.67. The molecule has 1 aromatic rings. The maximum absolute atomic E-state index is 6.09. The molecule has 1 saturated heterocycles. The molecular formula is C12H17Cl3N4. The summed E-state index contributed by atoms with van der Waals surface area (Å²) in [6, 6.07) is 2.03. The van der Waals surface area contributed by atoms with Crippen molar-refractivity contribution in [1.29, 1.82) is 0 Å². The number of rotatable bonds is 3. The Morgan fingerprint density at radius 2 is 2.00 bits per heavy atom. The third-order valence-corrected chi connectivity index (χ3v) is 4.33. The molecular weight excluding hydrogens is 307 g/mol. The highest BCUT2D eigenvalue weighted by Gasteiger charge is 2.22. The average molecular weight is 324 g/mol. The summed E-state index contributed by atoms with van der Waals surface area (Å²) in [6.45, 7) is 3.94. The highest BCUT2D eigenvalue weighted by Crippen LogP contribution is 2.28. The van der Waals surface area contributed by atoms with Crippen LogP contribution < -0.4 is 5.32 Å². The van der Waals surface area contributed by atoms with Crippen molar-refractivity contribution in [2.24, 2.45) is 0 Å². The van der Waals surface area contributed by atoms with Crippen LogP contribution in [0.4, 0.5) is 5.82 Å². The summed E-state index contributed by atoms with van der Waals surface area (Å²) < 4.78 is 0. The molecule has 7 heteroatoms. The minimum Gasteiger partial charge on any atom is -0.367 e. The van der Waals surface area contributed by atoms with E-state index >= 15 is 0 Å². The van der Waals surface area contributed by atoms with Crippen LogP contribution in [-0.4, -0.2) is 61.1 Å². The van der Waals surface area contributed by atoms with E-state index in [1.165, 1.54) is 0 Å². The lowest BCUT2D eigenvalue weighted by Crippen LogP contribution is -2.52. The van der Waals surface area contributed by atoms with Gasteiger partial charge >= 0.3 is 0 Å². The van der Waals surface area contributed by atoms with Crippen molar-refractivity contribution >= 4 is 40.6 Å². The van der Waals surface area contributed by atoms with Crippen LogP contribution in [-0.2, 0) is 0 Å². The molecule has 1 fully saturated rings. The number of hydrogen-bond acceptors (Lipinski definition) is 4. The van der Waals surface area contributed by atoms with Gasteiger partial charge in [-0.25, -0.2) is 4.98 Å². The van der Waals surface area contributed by atoms with Gasteiger partial charge in [0.2, 0.25) is 0 Å². The van der Waals surface area contributed by atoms with Gasteiger partial charge in [0.1, 0.15) is 11.0 Å². The number of hydrogen-bond donors (Lipinski definition) is 1. The van der Waals surface area contributed by atoms with E-state index in [0.29, 0.717) is 21.9 Å². The minimum absolute atomic E-state index is 0.266. The molecule has 4 nitrogen and oxygen atoms in total. The summed E-state index contributed by atoms with van der Waals surface area (Å²) in [7, 11) is 4.26. The first kappa shape index (κ1) is 15.1. The van der Waals surface area contributed by atoms with Crippen molar-refractivity contribution in [3.8, 4) is 0 Å². The largest absolute Gasteiger partial charge is 0.367 e. The predicted octanol–water partition coefficient (Wildman–Crippen LogP) is 2.70. The molecule has 0 radical (unpaired) electrons. The summed E-state index contributed by atoms with van der Waals surface area (Å²) in [5, 5.41) is 4.37. The Morgan fingerprint density at radius 1 is 1.26 bits per heavy atom. The maximum atomic E-state index is 6.09. The number of pyridine rings is 1. The molecule has 1 aliphatic rings. The predicted molar refractivity (Wildman–Crippen MR) is 81.7 cm³/mol. The lowest BCUT2D eigenvalue weighted by Gasteiger charge is -2.37. The van der Waals surface area contributed by atoms with Crippen molar-refractivity contribution in [3.05, 3.63) is 21.3 Å². The third kappa shape index (κ3) is 3.86. The van der Waals surface area contributed by atoms with Crippen LogP contribution in [0, 0.1) is 0 Å². The van der Waals surface area contributed by atoms with E-state index in [9.17, 15) is 0 Å². The average Bonchev–Trinajstić information content (AvgIpc) is 2.36. The van der Waals surface area contributed by atoms with Crippen molar-refractivity contribution in [3.63, 3.8) is 0 Å². The molecule has 106 valence electrons. The van der Waals surface area contributed by atoms with Crippen molar-refractivity contribution in [2.45, 2.75) is 6.04 Å². The summed E-state index contributed by atoms with van der Waals surface area (Å²) in [5.41, 5.74) is 0. The van der Waals surface area contributed by atoms with Crippen LogP contribution in [0.1, 0.15) is 0 Å². The number of nitrogens with zero attached hydrogens (tertiary/aromatic N) is 3. The first-order chi connectivity index (χ1) is 8.97. The van der Waals surface area contributed by atoms with Crippen LogP contribution in [0.3, 0.4) is 0 Å². The second kappa shape index (κ2) is 6.46. The fraction of sp³-hybridized carbons (Fsp3) is 0.583. The lowest BCUT2D eigenvalue weighted by molar-refractivity contribution is 0.122. The van der Waals surface area contributed by atoms with Gasteiger partial charge in [-0.3, -0.25) is 4.90 Å². The van der Waals surface area contributed by atoms with Crippen molar-refractivity contribution in [2.75, 3.05) is 45.6 Å². The van der Waals surface area contributed by atoms with E-state index in [2.05, 4.69) is 34.2 Å². The second-order valence-electron chi connectivity index (χ2n) is 4.87. The quantitative estimate of drug-likeness (QED) is 0.867. The molecule has 2 rings (SSSR count). The Hall–Kier alpha value is -0.260. The van der Waals surface area contributed by atoms with Gasteiger partial charge in [0.15, 0.2) is 0 Å². The standard InChI is InChI=1S/C12H17Cl3N4/c1-18-3-4-19(2)8(7-18)6-16-12-10(14)5-9(13)11(15)17-12/h5,8H,3-4,6-7H2,1-2H3,(H,16,17). The molecule has 0 aromatic carbocycles. The van der Waals surface area contributed by atoms with Gasteiger partial charge in [-0.1, -0.05) is 34.8 Å². The molecule has 0 bridgehead atoms. The first-order valence-corrected chi connectivity index (χ1v) is 7.25. The molecule has 2 heterocycles. The van der Waals surface area contributed by atoms with E-state index in [1.54, 1.807) is 6.07 Å². The number of aromatic nitrogens is 1. The van der Waals surface area contributed by atoms with Crippen LogP contribution in [0.15, 0.2) is 6.07 Å². The highest BCUT2D eigenvalue weighted by atomic mass is 35.5. The summed E-state index contributed by atoms with van der Waals surface area (Å²) in [5.74, 6) is 0.581. The van der Waals surface area contributed by atoms with Gasteiger partial charge in [0, 0.05) is 32.2 Å². The number of likely N-dealkylation sites (N-methyl/N-ethyl adjacent to an activating group) is 2. The third-order valence-electron chi connectivity index (χ3n) is 3.37. The number of anilines is 1. The van der Waals surface area contributed by atoms with Gasteiger partial charge < -0.3 is 10.2 Å². The molecule has 19 heavy (non-hydrogen) atoms. The van der Waals surface area contributed by atoms with E-state index in [0.717, 1.165) is 26.2 Å². The van der Waals surface area contributed by atoms with Gasteiger partial charge in [0.25, 0.3) is 0 Å². The smallest absolute Gasteiger partial charge is 0.150 e. The van der Waals surface area contributed by atoms with E-state index in [1.807, 2.05) is 0 Å². The zero-order valence-electron chi connectivity index (χ0n) is 11.0. The number of piperazine rings is 1. The monoisotopic (exact) mass is 322 g/mol. The lowest BCUT2D eigenvalue weighted by atomic mass is 10.2. The summed E-state index contributed by atoms with van der Waals surface area (Å²) in [4.78, 5) is 8.81. The van der Waals surface area contributed by atoms with Crippen molar-refractivity contribution in [1.82, 2.24) is 14.8 Å². The fourth-order valence-electron chi connectivity index (χ4n) is 2.10. The van der Waals surface area contributed by atoms with E-state index in [4.69, 9.17) is 34.8 Å². The Kier molecular flexibility index (Phi) is 5.15. The molecule has 1 N–H and O–H groups in total. The van der Waals surface area contributed by atoms with Gasteiger partial charge in [-0.2, -0.15) is 0 Å². The zero-order valence-corrected chi connectivity index (χ0v) is 13.2. The Labute approximate surface area is 128 Å². The summed E-state index contributed by atoms with van der Waals surface area (Å²) in [6.07, 6.45) is 0. The van der Waals surface area contributed by atoms with Crippen LogP contribution in [0.25, 0.3) is 0 Å². The topological polar surface area (TPSA) is 31.4 Å². The van der Waals surface area contributed by atoms with Gasteiger partial charge in [-0.05, 0) is 20.2 Å². The van der Waals surface area contributed by atoms with Crippen LogP contribution in [0.5, 0.6) is 0 Å². The van der Waals surface area contributed by atoms with E-state index in [-0.39, 0.29) is 5.15 Å². The minimum atomic E-state index is 0.266. The Morgan fingerprint density at radius 3 is 2.74 bits per heavy atom. The normalized spacial score (nSPS) is 21.6. The number of nitrogens with one attached hydrogen (secondary N) is 1. The molecule has 0 saturated carbocycles. The van der Waals surface area contributed by atoms with Crippen LogP contribution >= 0.6 is 34.8 Å².